The van der Waals surface area contributed by atoms with Crippen LogP contribution in [0.15, 0.2) is 36.4 Å². The first-order valence-electron chi connectivity index (χ1n) is 10.1. The smallest absolute Gasteiger partial charge is 0.223 e. The van der Waals surface area contributed by atoms with Gasteiger partial charge >= 0.3 is 0 Å². The van der Waals surface area contributed by atoms with Crippen LogP contribution in [0.25, 0.3) is 0 Å². The molecular weight excluding hydrogens is 409 g/mol. The highest BCUT2D eigenvalue weighted by molar-refractivity contribution is 6.42. The highest BCUT2D eigenvalue weighted by atomic mass is 35.5. The summed E-state index contributed by atoms with van der Waals surface area (Å²) in [4.78, 5) is 14.5. The third-order valence-electron chi connectivity index (χ3n) is 5.83. The Morgan fingerprint density at radius 2 is 1.83 bits per heavy atom. The van der Waals surface area contributed by atoms with E-state index >= 15 is 0 Å². The number of halogens is 2. The summed E-state index contributed by atoms with van der Waals surface area (Å²) in [6.45, 7) is 1.21. The lowest BCUT2D eigenvalue weighted by atomic mass is 9.98. The maximum atomic E-state index is 12.6. The topological polar surface area (TPSA) is 38.8 Å². The van der Waals surface area contributed by atoms with Gasteiger partial charge in [-0.25, -0.2) is 0 Å². The van der Waals surface area contributed by atoms with Crippen LogP contribution in [0.3, 0.4) is 0 Å². The summed E-state index contributed by atoms with van der Waals surface area (Å²) in [6.07, 6.45) is 5.37. The van der Waals surface area contributed by atoms with Gasteiger partial charge in [0.05, 0.1) is 23.3 Å². The van der Waals surface area contributed by atoms with E-state index in [2.05, 4.69) is 6.07 Å². The predicted octanol–water partition coefficient (Wildman–Crippen LogP) is 5.84. The van der Waals surface area contributed by atoms with E-state index in [-0.39, 0.29) is 17.9 Å². The quantitative estimate of drug-likeness (QED) is 0.574. The molecule has 0 unspecified atom stereocenters. The summed E-state index contributed by atoms with van der Waals surface area (Å²) in [5.41, 5.74) is 2.09. The van der Waals surface area contributed by atoms with Crippen LogP contribution in [0, 0.1) is 0 Å². The van der Waals surface area contributed by atoms with Crippen molar-refractivity contribution in [3.63, 3.8) is 0 Å². The highest BCUT2D eigenvalue weighted by Crippen LogP contribution is 2.37. The molecule has 1 aliphatic heterocycles. The maximum absolute atomic E-state index is 12.6. The van der Waals surface area contributed by atoms with Gasteiger partial charge in [-0.05, 0) is 61.1 Å². The fourth-order valence-corrected chi connectivity index (χ4v) is 4.55. The first kappa shape index (κ1) is 20.4. The van der Waals surface area contributed by atoms with Crippen molar-refractivity contribution in [2.24, 2.45) is 0 Å². The zero-order chi connectivity index (χ0) is 20.4. The molecular formula is C23H25Cl2NO3. The second-order valence-corrected chi connectivity index (χ2v) is 8.67. The molecule has 1 aliphatic carbocycles. The van der Waals surface area contributed by atoms with Crippen molar-refractivity contribution in [3.05, 3.63) is 57.6 Å². The van der Waals surface area contributed by atoms with Gasteiger partial charge in [0.2, 0.25) is 5.91 Å². The van der Waals surface area contributed by atoms with E-state index in [1.54, 1.807) is 13.2 Å². The average Bonchev–Trinajstić information content (AvgIpc) is 3.35. The van der Waals surface area contributed by atoms with Gasteiger partial charge in [-0.2, -0.15) is 0 Å². The largest absolute Gasteiger partial charge is 0.493 e. The van der Waals surface area contributed by atoms with Gasteiger partial charge in [-0.1, -0.05) is 35.3 Å². The summed E-state index contributed by atoms with van der Waals surface area (Å²) >= 11 is 12.1. The molecule has 0 N–H and O–H groups in total. The number of amides is 1. The minimum Gasteiger partial charge on any atom is -0.493 e. The van der Waals surface area contributed by atoms with Crippen molar-refractivity contribution in [2.75, 3.05) is 13.7 Å². The van der Waals surface area contributed by atoms with Gasteiger partial charge in [0, 0.05) is 25.4 Å². The molecule has 1 atom stereocenters. The van der Waals surface area contributed by atoms with Crippen molar-refractivity contribution in [1.29, 1.82) is 0 Å². The number of carbonyl (C=O) groups excluding carboxylic acids is 1. The Hall–Kier alpha value is -1.91. The molecule has 0 aromatic heterocycles. The van der Waals surface area contributed by atoms with Crippen molar-refractivity contribution in [2.45, 2.75) is 50.7 Å². The lowest BCUT2D eigenvalue weighted by Gasteiger charge is -2.19. The number of hydrogen-bond acceptors (Lipinski definition) is 3. The zero-order valence-electron chi connectivity index (χ0n) is 16.5. The molecule has 1 saturated carbocycles. The molecule has 2 aromatic rings. The molecule has 1 saturated heterocycles. The van der Waals surface area contributed by atoms with E-state index in [9.17, 15) is 4.79 Å². The van der Waals surface area contributed by atoms with E-state index in [0.29, 0.717) is 29.6 Å². The van der Waals surface area contributed by atoms with Crippen molar-refractivity contribution >= 4 is 29.1 Å². The van der Waals surface area contributed by atoms with Crippen molar-refractivity contribution < 1.29 is 14.3 Å². The van der Waals surface area contributed by atoms with Crippen LogP contribution in [0.4, 0.5) is 0 Å². The number of hydrogen-bond donors (Lipinski definition) is 0. The summed E-state index contributed by atoms with van der Waals surface area (Å²) in [6, 6.07) is 11.6. The van der Waals surface area contributed by atoms with E-state index in [0.717, 1.165) is 35.5 Å². The van der Waals surface area contributed by atoms with E-state index in [1.165, 1.54) is 12.8 Å². The summed E-state index contributed by atoms with van der Waals surface area (Å²) < 4.78 is 11.7. The number of methoxy groups -OCH3 is 1. The number of benzene rings is 2. The molecule has 1 heterocycles. The van der Waals surface area contributed by atoms with Crippen LogP contribution in [0.1, 0.15) is 49.1 Å². The predicted molar refractivity (Wildman–Crippen MR) is 115 cm³/mol. The van der Waals surface area contributed by atoms with Gasteiger partial charge in [0.1, 0.15) is 0 Å². The van der Waals surface area contributed by atoms with Crippen LogP contribution < -0.4 is 9.47 Å². The van der Waals surface area contributed by atoms with Gasteiger partial charge in [0.25, 0.3) is 0 Å². The van der Waals surface area contributed by atoms with E-state index < -0.39 is 0 Å². The number of carbonyl (C=O) groups is 1. The van der Waals surface area contributed by atoms with Gasteiger partial charge in [0.15, 0.2) is 11.5 Å². The fourth-order valence-electron chi connectivity index (χ4n) is 4.23. The standard InChI is InChI=1S/C23H25Cl2NO3/c1-28-21-9-7-16(11-22(21)29-18-4-2-3-5-18)17-12-23(27)26(14-17)13-15-6-8-19(24)20(25)10-15/h6-11,17-18H,2-5,12-14H2,1H3/t17-/m1/s1. The van der Waals surface area contributed by atoms with Gasteiger partial charge in [-0.15, -0.1) is 0 Å². The number of rotatable bonds is 6. The van der Waals surface area contributed by atoms with Gasteiger partial charge < -0.3 is 14.4 Å². The Morgan fingerprint density at radius 1 is 1.03 bits per heavy atom. The zero-order valence-corrected chi connectivity index (χ0v) is 18.0. The third-order valence-corrected chi connectivity index (χ3v) is 6.57. The molecule has 154 valence electrons. The van der Waals surface area contributed by atoms with Crippen LogP contribution in [-0.4, -0.2) is 30.6 Å². The number of ether oxygens (including phenoxy) is 2. The maximum Gasteiger partial charge on any atom is 0.223 e. The van der Waals surface area contributed by atoms with E-state index in [1.807, 2.05) is 29.2 Å². The minimum absolute atomic E-state index is 0.141. The van der Waals surface area contributed by atoms with Crippen LogP contribution >= 0.6 is 23.2 Å². The summed E-state index contributed by atoms with van der Waals surface area (Å²) in [7, 11) is 1.66. The van der Waals surface area contributed by atoms with Crippen LogP contribution in [0.5, 0.6) is 11.5 Å². The molecule has 2 fully saturated rings. The Kier molecular flexibility index (Phi) is 6.21. The molecule has 0 radical (unpaired) electrons. The second-order valence-electron chi connectivity index (χ2n) is 7.86. The van der Waals surface area contributed by atoms with Crippen molar-refractivity contribution in [1.82, 2.24) is 4.90 Å². The SMILES string of the molecule is COc1ccc([C@@H]2CC(=O)N(Cc3ccc(Cl)c(Cl)c3)C2)cc1OC1CCCC1. The molecule has 0 spiro atoms. The minimum atomic E-state index is 0.141. The Balaban J connectivity index is 1.48. The fraction of sp³-hybridized carbons (Fsp3) is 0.435. The lowest BCUT2D eigenvalue weighted by Crippen LogP contribution is -2.24. The Labute approximate surface area is 181 Å². The normalized spacial score (nSPS) is 19.8. The van der Waals surface area contributed by atoms with Crippen molar-refractivity contribution in [3.8, 4) is 11.5 Å². The highest BCUT2D eigenvalue weighted by Gasteiger charge is 2.31. The van der Waals surface area contributed by atoms with E-state index in [4.69, 9.17) is 32.7 Å². The molecule has 29 heavy (non-hydrogen) atoms. The molecule has 4 rings (SSSR count). The first-order chi connectivity index (χ1) is 14.0. The molecule has 4 nitrogen and oxygen atoms in total. The first-order valence-corrected chi connectivity index (χ1v) is 10.9. The van der Waals surface area contributed by atoms with Crippen LogP contribution in [0.2, 0.25) is 10.0 Å². The number of likely N-dealkylation sites (tertiary alicyclic amines) is 1. The molecule has 0 bridgehead atoms. The van der Waals surface area contributed by atoms with Crippen LogP contribution in [-0.2, 0) is 11.3 Å². The average molecular weight is 434 g/mol. The monoisotopic (exact) mass is 433 g/mol. The van der Waals surface area contributed by atoms with Gasteiger partial charge in [-0.3, -0.25) is 4.79 Å². The molecule has 2 aromatic carbocycles. The Morgan fingerprint density at radius 3 is 2.55 bits per heavy atom. The third kappa shape index (κ3) is 4.65. The molecule has 1 amide bonds. The Bertz CT molecular complexity index is 896. The summed E-state index contributed by atoms with van der Waals surface area (Å²) in [5.74, 6) is 1.82. The lowest BCUT2D eigenvalue weighted by molar-refractivity contribution is -0.128. The summed E-state index contributed by atoms with van der Waals surface area (Å²) in [5, 5.41) is 1.03. The second kappa shape index (κ2) is 8.85. The molecule has 6 heteroatoms. The molecule has 2 aliphatic rings. The number of nitrogens with zero attached hydrogens (tertiary/aromatic N) is 1.